The highest BCUT2D eigenvalue weighted by Crippen LogP contribution is 2.27. The molecule has 0 unspecified atom stereocenters. The molecule has 150 valence electrons. The van der Waals surface area contributed by atoms with Crippen LogP contribution in [0.5, 0.6) is 5.75 Å². The average Bonchev–Trinajstić information content (AvgIpc) is 3.22. The van der Waals surface area contributed by atoms with Crippen LogP contribution in [0.1, 0.15) is 21.9 Å². The summed E-state index contributed by atoms with van der Waals surface area (Å²) < 4.78 is 11.4. The minimum Gasteiger partial charge on any atom is -0.485 e. The van der Waals surface area contributed by atoms with E-state index >= 15 is 0 Å². The molecule has 0 aliphatic heterocycles. The second-order valence-electron chi connectivity index (χ2n) is 6.76. The molecule has 30 heavy (non-hydrogen) atoms. The van der Waals surface area contributed by atoms with Crippen LogP contribution in [-0.2, 0) is 6.61 Å². The highest BCUT2D eigenvalue weighted by atomic mass is 16.6. The third-order valence-electron chi connectivity index (χ3n) is 4.60. The van der Waals surface area contributed by atoms with Gasteiger partial charge in [0.15, 0.2) is 5.76 Å². The molecule has 0 bridgehead atoms. The molecule has 1 N–H and O–H groups in total. The Morgan fingerprint density at radius 1 is 1.07 bits per heavy atom. The molecule has 0 saturated heterocycles. The highest BCUT2D eigenvalue weighted by Gasteiger charge is 2.19. The quantitative estimate of drug-likeness (QED) is 0.340. The van der Waals surface area contributed by atoms with E-state index in [1.165, 1.54) is 18.2 Å². The number of nitro benzene ring substituents is 1. The predicted octanol–water partition coefficient (Wildman–Crippen LogP) is 5.48. The third-order valence-corrected chi connectivity index (χ3v) is 4.60. The normalized spacial score (nSPS) is 10.7. The number of carbonyl (C=O) groups is 1. The van der Waals surface area contributed by atoms with Crippen molar-refractivity contribution in [3.05, 3.63) is 100.0 Å². The van der Waals surface area contributed by atoms with E-state index in [9.17, 15) is 14.9 Å². The molecule has 1 heterocycles. The van der Waals surface area contributed by atoms with Crippen LogP contribution in [0, 0.1) is 17.0 Å². The Hall–Kier alpha value is -4.13. The van der Waals surface area contributed by atoms with E-state index in [0.717, 1.165) is 16.3 Å². The second-order valence-corrected chi connectivity index (χ2v) is 6.76. The molecule has 0 saturated carbocycles. The molecule has 1 amide bonds. The van der Waals surface area contributed by atoms with Crippen molar-refractivity contribution in [3.8, 4) is 5.75 Å². The summed E-state index contributed by atoms with van der Waals surface area (Å²) in [5.41, 5.74) is 0.667. The molecule has 1 aromatic heterocycles. The molecular weight excluding hydrogens is 384 g/mol. The van der Waals surface area contributed by atoms with Gasteiger partial charge in [-0.15, -0.1) is 0 Å². The number of hydrogen-bond acceptors (Lipinski definition) is 5. The van der Waals surface area contributed by atoms with Crippen molar-refractivity contribution in [2.24, 2.45) is 0 Å². The lowest BCUT2D eigenvalue weighted by Gasteiger charge is -2.08. The summed E-state index contributed by atoms with van der Waals surface area (Å²) in [6.45, 7) is 1.89. The largest absolute Gasteiger partial charge is 0.485 e. The molecule has 0 aliphatic rings. The Morgan fingerprint density at radius 2 is 1.87 bits per heavy atom. The van der Waals surface area contributed by atoms with Crippen molar-refractivity contribution in [3.63, 3.8) is 0 Å². The molecule has 3 aromatic carbocycles. The van der Waals surface area contributed by atoms with Gasteiger partial charge in [0, 0.05) is 11.5 Å². The summed E-state index contributed by atoms with van der Waals surface area (Å²) in [7, 11) is 0. The van der Waals surface area contributed by atoms with Crippen LogP contribution in [0.3, 0.4) is 0 Å². The lowest BCUT2D eigenvalue weighted by Crippen LogP contribution is -2.12. The molecule has 4 rings (SSSR count). The van der Waals surface area contributed by atoms with Crippen LogP contribution in [0.15, 0.2) is 77.2 Å². The summed E-state index contributed by atoms with van der Waals surface area (Å²) in [5.74, 6) is 0.650. The fraction of sp³-hybridized carbons (Fsp3) is 0.0870. The molecule has 4 aromatic rings. The van der Waals surface area contributed by atoms with Crippen LogP contribution in [0.4, 0.5) is 11.4 Å². The Labute approximate surface area is 172 Å². The number of ether oxygens (including phenoxy) is 1. The van der Waals surface area contributed by atoms with Gasteiger partial charge in [-0.05, 0) is 42.1 Å². The first-order valence-corrected chi connectivity index (χ1v) is 9.27. The average molecular weight is 402 g/mol. The van der Waals surface area contributed by atoms with Gasteiger partial charge in [0.2, 0.25) is 0 Å². The predicted molar refractivity (Wildman–Crippen MR) is 113 cm³/mol. The topological polar surface area (TPSA) is 94.6 Å². The maximum Gasteiger partial charge on any atom is 0.293 e. The molecule has 7 heteroatoms. The smallest absolute Gasteiger partial charge is 0.293 e. The first-order valence-electron chi connectivity index (χ1n) is 9.27. The summed E-state index contributed by atoms with van der Waals surface area (Å²) in [6.07, 6.45) is 0. The van der Waals surface area contributed by atoms with Crippen LogP contribution in [0.25, 0.3) is 10.8 Å². The number of rotatable bonds is 6. The van der Waals surface area contributed by atoms with Crippen molar-refractivity contribution in [2.45, 2.75) is 13.5 Å². The van der Waals surface area contributed by atoms with E-state index in [1.807, 2.05) is 42.5 Å². The van der Waals surface area contributed by atoms with Crippen molar-refractivity contribution < 1.29 is 18.9 Å². The standard InChI is InChI=1S/C23H18N2O5/c1-15-9-11-19(20(13-15)25(27)28)24-23(26)22-12-10-17(30-22)14-29-21-8-4-6-16-5-2-3-7-18(16)21/h2-13H,14H2,1H3,(H,24,26). The van der Waals surface area contributed by atoms with Crippen molar-refractivity contribution in [1.29, 1.82) is 0 Å². The minimum atomic E-state index is -0.571. The summed E-state index contributed by atoms with van der Waals surface area (Å²) in [4.78, 5) is 23.2. The molecule has 0 radical (unpaired) electrons. The molecular formula is C23H18N2O5. The number of amides is 1. The number of fused-ring (bicyclic) bond motifs is 1. The summed E-state index contributed by atoms with van der Waals surface area (Å²) in [6, 6.07) is 21.4. The van der Waals surface area contributed by atoms with Crippen LogP contribution >= 0.6 is 0 Å². The van der Waals surface area contributed by atoms with Gasteiger partial charge < -0.3 is 14.5 Å². The molecule has 0 aliphatic carbocycles. The fourth-order valence-electron chi connectivity index (χ4n) is 3.13. The Kier molecular flexibility index (Phi) is 5.17. The zero-order chi connectivity index (χ0) is 21.1. The lowest BCUT2D eigenvalue weighted by molar-refractivity contribution is -0.384. The second kappa shape index (κ2) is 8.08. The molecule has 7 nitrogen and oxygen atoms in total. The van der Waals surface area contributed by atoms with E-state index in [1.54, 1.807) is 19.1 Å². The van der Waals surface area contributed by atoms with Gasteiger partial charge in [0.1, 0.15) is 23.8 Å². The van der Waals surface area contributed by atoms with E-state index in [2.05, 4.69) is 5.32 Å². The Bertz CT molecular complexity index is 1240. The summed E-state index contributed by atoms with van der Waals surface area (Å²) in [5, 5.41) is 15.8. The lowest BCUT2D eigenvalue weighted by atomic mass is 10.1. The van der Waals surface area contributed by atoms with E-state index in [4.69, 9.17) is 9.15 Å². The first-order chi connectivity index (χ1) is 14.5. The summed E-state index contributed by atoms with van der Waals surface area (Å²) >= 11 is 0. The van der Waals surface area contributed by atoms with Crippen LogP contribution in [0.2, 0.25) is 0 Å². The Balaban J connectivity index is 1.46. The Morgan fingerprint density at radius 3 is 2.70 bits per heavy atom. The van der Waals surface area contributed by atoms with Crippen molar-refractivity contribution in [2.75, 3.05) is 5.32 Å². The number of nitrogens with zero attached hydrogens (tertiary/aromatic N) is 1. The van der Waals surface area contributed by atoms with Gasteiger partial charge in [-0.3, -0.25) is 14.9 Å². The third kappa shape index (κ3) is 4.00. The number of nitrogens with one attached hydrogen (secondary N) is 1. The molecule has 0 spiro atoms. The minimum absolute atomic E-state index is 0.0430. The van der Waals surface area contributed by atoms with Gasteiger partial charge in [0.25, 0.3) is 11.6 Å². The SMILES string of the molecule is Cc1ccc(NC(=O)c2ccc(COc3cccc4ccccc34)o2)c([N+](=O)[O-])c1. The van der Waals surface area contributed by atoms with Gasteiger partial charge in [-0.1, -0.05) is 42.5 Å². The highest BCUT2D eigenvalue weighted by molar-refractivity contribution is 6.03. The van der Waals surface area contributed by atoms with E-state index < -0.39 is 10.8 Å². The monoisotopic (exact) mass is 402 g/mol. The number of aryl methyl sites for hydroxylation is 1. The molecule has 0 fully saturated rings. The van der Waals surface area contributed by atoms with Gasteiger partial charge >= 0.3 is 0 Å². The molecule has 0 atom stereocenters. The number of carbonyl (C=O) groups excluding carboxylic acids is 1. The van der Waals surface area contributed by atoms with E-state index in [-0.39, 0.29) is 23.7 Å². The van der Waals surface area contributed by atoms with E-state index in [0.29, 0.717) is 11.5 Å². The van der Waals surface area contributed by atoms with Crippen LogP contribution in [-0.4, -0.2) is 10.8 Å². The fourth-order valence-corrected chi connectivity index (χ4v) is 3.13. The van der Waals surface area contributed by atoms with Crippen LogP contribution < -0.4 is 10.1 Å². The zero-order valence-electron chi connectivity index (χ0n) is 16.1. The first kappa shape index (κ1) is 19.2. The maximum atomic E-state index is 12.5. The zero-order valence-corrected chi connectivity index (χ0v) is 16.1. The number of hydrogen-bond donors (Lipinski definition) is 1. The number of benzene rings is 3. The van der Waals surface area contributed by atoms with Gasteiger partial charge in [-0.25, -0.2) is 0 Å². The number of anilines is 1. The van der Waals surface area contributed by atoms with Crippen molar-refractivity contribution >= 4 is 28.1 Å². The number of nitro groups is 1. The van der Waals surface area contributed by atoms with Crippen molar-refractivity contribution in [1.82, 2.24) is 0 Å². The van der Waals surface area contributed by atoms with Gasteiger partial charge in [0.05, 0.1) is 4.92 Å². The maximum absolute atomic E-state index is 12.5. The number of furan rings is 1. The van der Waals surface area contributed by atoms with Gasteiger partial charge in [-0.2, -0.15) is 0 Å².